The summed E-state index contributed by atoms with van der Waals surface area (Å²) in [4.78, 5) is 14.2. The van der Waals surface area contributed by atoms with Crippen LogP contribution < -0.4 is 29.4 Å². The first-order chi connectivity index (χ1) is 48.7. The van der Waals surface area contributed by atoms with Crippen LogP contribution in [0.3, 0.4) is 0 Å². The van der Waals surface area contributed by atoms with Crippen molar-refractivity contribution in [3.05, 3.63) is 400 Å². The summed E-state index contributed by atoms with van der Waals surface area (Å²) in [7, 11) is 0. The molecule has 0 aliphatic rings. The lowest BCUT2D eigenvalue weighted by atomic mass is 9.88. The van der Waals surface area contributed by atoms with Gasteiger partial charge in [0.15, 0.2) is 0 Å². The van der Waals surface area contributed by atoms with Crippen LogP contribution in [0, 0.1) is 0 Å². The van der Waals surface area contributed by atoms with Crippen LogP contribution in [0.5, 0.6) is 0 Å². The lowest BCUT2D eigenvalue weighted by molar-refractivity contribution is 1.25. The molecule has 17 aromatic rings. The number of fused-ring (bicyclic) bond motifs is 2. The highest BCUT2D eigenvalue weighted by atomic mass is 15.2. The molecular formula is C92H66N6. The number of para-hydroxylation sites is 8. The highest BCUT2D eigenvalue weighted by Gasteiger charge is 2.26. The summed E-state index contributed by atoms with van der Waals surface area (Å²) >= 11 is 0. The van der Waals surface area contributed by atoms with Crippen molar-refractivity contribution in [1.82, 2.24) is 0 Å². The molecule has 0 aliphatic heterocycles. The van der Waals surface area contributed by atoms with Crippen molar-refractivity contribution in [1.29, 1.82) is 0 Å². The number of anilines is 18. The smallest absolute Gasteiger partial charge is 0.0540 e. The van der Waals surface area contributed by atoms with Crippen molar-refractivity contribution in [3.8, 4) is 0 Å². The third-order valence-corrected chi connectivity index (χ3v) is 18.7. The zero-order valence-electron chi connectivity index (χ0n) is 53.8. The molecule has 17 aromatic carbocycles. The molecule has 0 N–H and O–H groups in total. The molecule has 0 spiro atoms. The van der Waals surface area contributed by atoms with E-state index in [1.165, 1.54) is 32.3 Å². The van der Waals surface area contributed by atoms with E-state index in [9.17, 15) is 0 Å². The first-order valence-electron chi connectivity index (χ1n) is 33.4. The number of hydrogen-bond donors (Lipinski definition) is 0. The molecule has 464 valence electrons. The molecule has 0 saturated carbocycles. The number of nitrogens with zero attached hydrogens (tertiary/aromatic N) is 6. The SMILES string of the molecule is c1ccc(N(c2ccccc2)c2ccc(N(c3ccc(N(c4ccccc4)c4ccccc4)cc3)c3ccc4c5ccc(N(c6ccc(N(c7ccccc7)c7ccccc7)cc6)c6ccc(N(c7ccccc7)c7ccccc7)cc6)c6cccc(c7cccc3c74)c65)cc2)cc1. The second-order valence-corrected chi connectivity index (χ2v) is 24.5. The van der Waals surface area contributed by atoms with Gasteiger partial charge in [-0.2, -0.15) is 0 Å². The molecule has 0 atom stereocenters. The van der Waals surface area contributed by atoms with Gasteiger partial charge in [0.25, 0.3) is 0 Å². The van der Waals surface area contributed by atoms with Crippen molar-refractivity contribution in [2.45, 2.75) is 0 Å². The lowest BCUT2D eigenvalue weighted by Crippen LogP contribution is -2.13. The van der Waals surface area contributed by atoms with Gasteiger partial charge in [-0.15, -0.1) is 0 Å². The molecule has 0 fully saturated rings. The molecule has 0 aromatic heterocycles. The summed E-state index contributed by atoms with van der Waals surface area (Å²) in [5.74, 6) is 0. The zero-order valence-corrected chi connectivity index (χ0v) is 53.8. The van der Waals surface area contributed by atoms with E-state index in [4.69, 9.17) is 0 Å². The van der Waals surface area contributed by atoms with E-state index in [2.05, 4.69) is 430 Å². The molecule has 0 saturated heterocycles. The third kappa shape index (κ3) is 11.0. The Morgan fingerprint density at radius 1 is 0.102 bits per heavy atom. The molecule has 17 rings (SSSR count). The van der Waals surface area contributed by atoms with Crippen LogP contribution in [0.1, 0.15) is 0 Å². The Morgan fingerprint density at radius 2 is 0.255 bits per heavy atom. The fraction of sp³-hybridized carbons (Fsp3) is 0. The van der Waals surface area contributed by atoms with E-state index in [0.29, 0.717) is 0 Å². The van der Waals surface area contributed by atoms with Crippen LogP contribution in [-0.2, 0) is 0 Å². The van der Waals surface area contributed by atoms with Crippen molar-refractivity contribution >= 4 is 145 Å². The molecule has 0 bridgehead atoms. The van der Waals surface area contributed by atoms with Crippen LogP contribution in [0.2, 0.25) is 0 Å². The molecule has 0 unspecified atom stereocenters. The molecule has 6 nitrogen and oxygen atoms in total. The molecule has 98 heavy (non-hydrogen) atoms. The predicted octanol–water partition coefficient (Wildman–Crippen LogP) is 26.6. The topological polar surface area (TPSA) is 19.4 Å². The fourth-order valence-corrected chi connectivity index (χ4v) is 14.3. The Hall–Kier alpha value is -13.2. The highest BCUT2D eigenvalue weighted by Crippen LogP contribution is 2.51. The first kappa shape index (κ1) is 58.6. The highest BCUT2D eigenvalue weighted by molar-refractivity contribution is 6.35. The Balaban J connectivity index is 0.821. The first-order valence-corrected chi connectivity index (χ1v) is 33.4. The summed E-state index contributed by atoms with van der Waals surface area (Å²) in [6.45, 7) is 0. The zero-order chi connectivity index (χ0) is 65.1. The maximum atomic E-state index is 2.44. The fourth-order valence-electron chi connectivity index (χ4n) is 14.3. The van der Waals surface area contributed by atoms with E-state index in [0.717, 1.165) is 113 Å². The summed E-state index contributed by atoms with van der Waals surface area (Å²) < 4.78 is 0. The van der Waals surface area contributed by atoms with Crippen LogP contribution in [0.25, 0.3) is 43.1 Å². The summed E-state index contributed by atoms with van der Waals surface area (Å²) in [5, 5.41) is 9.57. The van der Waals surface area contributed by atoms with Crippen LogP contribution in [0.4, 0.5) is 102 Å². The molecule has 6 heteroatoms. The lowest BCUT2D eigenvalue weighted by Gasteiger charge is -2.31. The van der Waals surface area contributed by atoms with Crippen molar-refractivity contribution in [3.63, 3.8) is 0 Å². The van der Waals surface area contributed by atoms with Gasteiger partial charge in [0.05, 0.1) is 11.4 Å². The standard InChI is InChI=1S/C92H66N6/c1-9-27-67(28-10-1)93(68-29-11-2-12-30-68)75-47-55-79(56-48-75)97(80-57-49-76(50-58-80)94(69-31-13-3-14-32-69)70-33-15-4-16-34-70)89-65-63-85-86-64-66-90(88-46-26-44-84(92(86)88)83-43-25-45-87(89)91(83)85)98(81-59-51-77(52-60-81)95(71-35-17-5-18-36-71)72-37-19-6-20-38-72)82-61-53-78(54-62-82)96(73-39-21-7-22-40-73)74-41-23-8-24-42-74/h1-66H. The monoisotopic (exact) mass is 1250 g/mol. The molecular weight excluding hydrogens is 1190 g/mol. The van der Waals surface area contributed by atoms with Gasteiger partial charge in [-0.1, -0.05) is 194 Å². The minimum absolute atomic E-state index is 1.04. The Kier molecular flexibility index (Phi) is 15.5. The van der Waals surface area contributed by atoms with Crippen LogP contribution >= 0.6 is 0 Å². The summed E-state index contributed by atoms with van der Waals surface area (Å²) in [5.41, 5.74) is 19.3. The van der Waals surface area contributed by atoms with E-state index < -0.39 is 0 Å². The van der Waals surface area contributed by atoms with Crippen molar-refractivity contribution in [2.75, 3.05) is 29.4 Å². The van der Waals surface area contributed by atoms with Gasteiger partial charge in [-0.3, -0.25) is 0 Å². The Morgan fingerprint density at radius 3 is 0.449 bits per heavy atom. The Bertz CT molecular complexity index is 4740. The van der Waals surface area contributed by atoms with Gasteiger partial charge < -0.3 is 29.4 Å². The van der Waals surface area contributed by atoms with E-state index in [1.807, 2.05) is 0 Å². The summed E-state index contributed by atoms with van der Waals surface area (Å²) in [6.07, 6.45) is 0. The third-order valence-electron chi connectivity index (χ3n) is 18.7. The van der Waals surface area contributed by atoms with Gasteiger partial charge in [0, 0.05) is 102 Å². The van der Waals surface area contributed by atoms with Crippen molar-refractivity contribution < 1.29 is 0 Å². The van der Waals surface area contributed by atoms with E-state index >= 15 is 0 Å². The normalized spacial score (nSPS) is 11.3. The van der Waals surface area contributed by atoms with Gasteiger partial charge in [0.1, 0.15) is 0 Å². The number of rotatable bonds is 18. The minimum atomic E-state index is 1.04. The van der Waals surface area contributed by atoms with E-state index in [-0.39, 0.29) is 0 Å². The maximum absolute atomic E-state index is 2.44. The molecule has 0 amide bonds. The largest absolute Gasteiger partial charge is 0.311 e. The van der Waals surface area contributed by atoms with Gasteiger partial charge in [0.2, 0.25) is 0 Å². The average molecular weight is 1260 g/mol. The second kappa shape index (κ2) is 26.0. The van der Waals surface area contributed by atoms with Gasteiger partial charge in [-0.25, -0.2) is 0 Å². The van der Waals surface area contributed by atoms with Gasteiger partial charge in [-0.05, 0) is 239 Å². The minimum Gasteiger partial charge on any atom is -0.311 e. The van der Waals surface area contributed by atoms with Crippen LogP contribution in [-0.4, -0.2) is 0 Å². The predicted molar refractivity (Wildman–Crippen MR) is 416 cm³/mol. The molecule has 0 radical (unpaired) electrons. The quantitative estimate of drug-likeness (QED) is 0.0625. The average Bonchev–Trinajstić information content (AvgIpc) is 0.708. The summed E-state index contributed by atoms with van der Waals surface area (Å²) in [6, 6.07) is 144. The van der Waals surface area contributed by atoms with Crippen LogP contribution in [0.15, 0.2) is 400 Å². The van der Waals surface area contributed by atoms with E-state index in [1.54, 1.807) is 0 Å². The number of benzene rings is 17. The second-order valence-electron chi connectivity index (χ2n) is 24.5. The maximum Gasteiger partial charge on any atom is 0.0540 e. The number of hydrogen-bond acceptors (Lipinski definition) is 6. The molecule has 0 heterocycles. The van der Waals surface area contributed by atoms with Crippen molar-refractivity contribution in [2.24, 2.45) is 0 Å². The molecule has 0 aliphatic carbocycles. The Labute approximate surface area is 571 Å². The van der Waals surface area contributed by atoms with Gasteiger partial charge >= 0.3 is 0 Å².